The molecule has 0 radical (unpaired) electrons. The first-order chi connectivity index (χ1) is 14.0. The lowest BCUT2D eigenvalue weighted by Crippen LogP contribution is -2.19. The van der Waals surface area contributed by atoms with Crippen LogP contribution >= 0.6 is 34.5 Å². The largest absolute Gasteiger partial charge is 0.494 e. The molecule has 0 saturated heterocycles. The summed E-state index contributed by atoms with van der Waals surface area (Å²) in [7, 11) is 1.62. The second kappa shape index (κ2) is 10.3. The van der Waals surface area contributed by atoms with E-state index in [9.17, 15) is 4.79 Å². The first-order valence-corrected chi connectivity index (χ1v) is 10.9. The van der Waals surface area contributed by atoms with Crippen molar-refractivity contribution in [2.24, 2.45) is 4.99 Å². The summed E-state index contributed by atoms with van der Waals surface area (Å²) in [5, 5.41) is 1.06. The summed E-state index contributed by atoms with van der Waals surface area (Å²) in [4.78, 5) is 17.6. The third-order valence-corrected chi connectivity index (χ3v) is 5.81. The first kappa shape index (κ1) is 21.8. The van der Waals surface area contributed by atoms with E-state index >= 15 is 0 Å². The van der Waals surface area contributed by atoms with Gasteiger partial charge in [0.15, 0.2) is 4.80 Å². The number of hydrogen-bond acceptors (Lipinski definition) is 4. The lowest BCUT2D eigenvalue weighted by atomic mass is 10.2. The molecule has 1 amide bonds. The van der Waals surface area contributed by atoms with Gasteiger partial charge in [-0.25, -0.2) is 0 Å². The van der Waals surface area contributed by atoms with Crippen LogP contribution in [0.5, 0.6) is 5.75 Å². The molecule has 0 aliphatic heterocycles. The highest BCUT2D eigenvalue weighted by molar-refractivity contribution is 7.16. The molecule has 3 aromatic rings. The van der Waals surface area contributed by atoms with Crippen molar-refractivity contribution in [2.45, 2.75) is 26.3 Å². The van der Waals surface area contributed by atoms with E-state index in [0.717, 1.165) is 28.8 Å². The summed E-state index contributed by atoms with van der Waals surface area (Å²) < 4.78 is 13.6. The van der Waals surface area contributed by atoms with Crippen LogP contribution in [0.3, 0.4) is 0 Å². The van der Waals surface area contributed by atoms with Crippen LogP contribution in [0.25, 0.3) is 10.2 Å². The maximum absolute atomic E-state index is 12.7. The second-order valence-electron chi connectivity index (χ2n) is 6.41. The molecule has 5 nitrogen and oxygen atoms in total. The van der Waals surface area contributed by atoms with Gasteiger partial charge in [0.2, 0.25) is 0 Å². The van der Waals surface area contributed by atoms with Crippen molar-refractivity contribution < 1.29 is 14.3 Å². The molecule has 154 valence electrons. The minimum atomic E-state index is -0.329. The number of halogens is 2. The molecular weight excluding hydrogens is 431 g/mol. The summed E-state index contributed by atoms with van der Waals surface area (Å²) >= 11 is 13.9. The molecule has 2 aromatic carbocycles. The normalized spacial score (nSPS) is 11.9. The molecule has 3 rings (SSSR count). The number of rotatable bonds is 8. The summed E-state index contributed by atoms with van der Waals surface area (Å²) in [5.41, 5.74) is 1.29. The van der Waals surface area contributed by atoms with Crippen LogP contribution in [0, 0.1) is 0 Å². The van der Waals surface area contributed by atoms with Crippen molar-refractivity contribution in [1.29, 1.82) is 0 Å². The fourth-order valence-electron chi connectivity index (χ4n) is 2.78. The molecule has 1 aromatic heterocycles. The summed E-state index contributed by atoms with van der Waals surface area (Å²) in [6.45, 7) is 3.77. The van der Waals surface area contributed by atoms with Crippen LogP contribution in [0.15, 0.2) is 41.4 Å². The third kappa shape index (κ3) is 5.39. The summed E-state index contributed by atoms with van der Waals surface area (Å²) in [6, 6.07) is 10.5. The monoisotopic (exact) mass is 452 g/mol. The molecule has 1 heterocycles. The Hall–Kier alpha value is -1.86. The lowest BCUT2D eigenvalue weighted by Gasteiger charge is -2.06. The number of thiazole rings is 1. The molecule has 0 bridgehead atoms. The van der Waals surface area contributed by atoms with Gasteiger partial charge in [-0.1, -0.05) is 47.9 Å². The topological polar surface area (TPSA) is 52.8 Å². The number of ether oxygens (including phenoxy) is 2. The first-order valence-electron chi connectivity index (χ1n) is 9.32. The molecule has 8 heteroatoms. The molecule has 0 N–H and O–H groups in total. The maximum atomic E-state index is 12.7. The molecule has 0 aliphatic rings. The molecular formula is C21H22Cl2N2O3S. The molecule has 0 spiro atoms. The number of methoxy groups -OCH3 is 1. The van der Waals surface area contributed by atoms with Crippen molar-refractivity contribution in [2.75, 3.05) is 20.3 Å². The zero-order chi connectivity index (χ0) is 20.8. The quantitative estimate of drug-likeness (QED) is 0.419. The lowest BCUT2D eigenvalue weighted by molar-refractivity contribution is 0.0997. The van der Waals surface area contributed by atoms with Crippen molar-refractivity contribution >= 4 is 50.7 Å². The van der Waals surface area contributed by atoms with E-state index in [0.29, 0.717) is 40.2 Å². The predicted molar refractivity (Wildman–Crippen MR) is 118 cm³/mol. The Bertz CT molecular complexity index is 1060. The fourth-order valence-corrected chi connectivity index (χ4v) is 4.62. The van der Waals surface area contributed by atoms with Crippen LogP contribution in [-0.4, -0.2) is 30.8 Å². The zero-order valence-electron chi connectivity index (χ0n) is 16.3. The average molecular weight is 453 g/mol. The number of hydrogen-bond donors (Lipinski definition) is 0. The highest BCUT2D eigenvalue weighted by atomic mass is 35.5. The van der Waals surface area contributed by atoms with Gasteiger partial charge < -0.3 is 14.0 Å². The second-order valence-corrected chi connectivity index (χ2v) is 8.26. The number of nitrogens with zero attached hydrogens (tertiary/aromatic N) is 2. The Morgan fingerprint density at radius 2 is 1.93 bits per heavy atom. The van der Waals surface area contributed by atoms with Crippen LogP contribution in [0.4, 0.5) is 0 Å². The van der Waals surface area contributed by atoms with Crippen LogP contribution in [-0.2, 0) is 11.3 Å². The van der Waals surface area contributed by atoms with Gasteiger partial charge in [0.1, 0.15) is 5.75 Å². The highest BCUT2D eigenvalue weighted by Crippen LogP contribution is 2.29. The van der Waals surface area contributed by atoms with Gasteiger partial charge in [-0.05, 0) is 42.8 Å². The third-order valence-electron chi connectivity index (χ3n) is 4.28. The van der Waals surface area contributed by atoms with E-state index in [1.807, 2.05) is 10.6 Å². The van der Waals surface area contributed by atoms with Gasteiger partial charge in [-0.15, -0.1) is 0 Å². The molecule has 0 atom stereocenters. The standard InChI is InChI=1S/C21H22Cl2N2O3S/c1-3-4-10-28-16-7-5-14(6-8-16)20(26)24-21-25(9-11-27-2)19-17(23)12-15(22)13-18(19)29-21/h5-8,12-13H,3-4,9-11H2,1-2H3. The number of amides is 1. The number of carbonyl (C=O) groups excluding carboxylic acids is 1. The van der Waals surface area contributed by atoms with Crippen molar-refractivity contribution in [3.05, 3.63) is 56.8 Å². The van der Waals surface area contributed by atoms with E-state index < -0.39 is 0 Å². The minimum absolute atomic E-state index is 0.329. The molecule has 0 unspecified atom stereocenters. The minimum Gasteiger partial charge on any atom is -0.494 e. The van der Waals surface area contributed by atoms with Crippen LogP contribution in [0.2, 0.25) is 10.0 Å². The van der Waals surface area contributed by atoms with Crippen LogP contribution in [0.1, 0.15) is 30.1 Å². The van der Waals surface area contributed by atoms with Crippen molar-refractivity contribution in [1.82, 2.24) is 4.57 Å². The number of benzene rings is 2. The highest BCUT2D eigenvalue weighted by Gasteiger charge is 2.13. The maximum Gasteiger partial charge on any atom is 0.279 e. The number of unbranched alkanes of at least 4 members (excludes halogenated alkanes) is 1. The number of carbonyl (C=O) groups is 1. The summed E-state index contributed by atoms with van der Waals surface area (Å²) in [5.74, 6) is 0.415. The van der Waals surface area contributed by atoms with E-state index in [-0.39, 0.29) is 5.91 Å². The van der Waals surface area contributed by atoms with Gasteiger partial charge in [-0.3, -0.25) is 4.79 Å². The van der Waals surface area contributed by atoms with E-state index in [1.54, 1.807) is 37.4 Å². The Morgan fingerprint density at radius 1 is 1.17 bits per heavy atom. The Balaban J connectivity index is 1.94. The van der Waals surface area contributed by atoms with Gasteiger partial charge >= 0.3 is 0 Å². The smallest absolute Gasteiger partial charge is 0.279 e. The zero-order valence-corrected chi connectivity index (χ0v) is 18.6. The summed E-state index contributed by atoms with van der Waals surface area (Å²) in [6.07, 6.45) is 2.07. The van der Waals surface area contributed by atoms with Gasteiger partial charge in [0.25, 0.3) is 5.91 Å². The molecule has 29 heavy (non-hydrogen) atoms. The number of aromatic nitrogens is 1. The van der Waals surface area contributed by atoms with Gasteiger partial charge in [-0.2, -0.15) is 4.99 Å². The Labute approximate surface area is 183 Å². The van der Waals surface area contributed by atoms with E-state index in [2.05, 4.69) is 11.9 Å². The van der Waals surface area contributed by atoms with Crippen molar-refractivity contribution in [3.8, 4) is 5.75 Å². The van der Waals surface area contributed by atoms with E-state index in [1.165, 1.54) is 11.3 Å². The van der Waals surface area contributed by atoms with Crippen molar-refractivity contribution in [3.63, 3.8) is 0 Å². The number of fused-ring (bicyclic) bond motifs is 1. The Kier molecular flexibility index (Phi) is 7.72. The Morgan fingerprint density at radius 3 is 2.62 bits per heavy atom. The molecule has 0 aliphatic carbocycles. The fraction of sp³-hybridized carbons (Fsp3) is 0.333. The molecule has 0 fully saturated rings. The van der Waals surface area contributed by atoms with Crippen LogP contribution < -0.4 is 9.54 Å². The van der Waals surface area contributed by atoms with Gasteiger partial charge in [0.05, 0.1) is 28.5 Å². The van der Waals surface area contributed by atoms with Gasteiger partial charge in [0, 0.05) is 24.2 Å². The van der Waals surface area contributed by atoms with E-state index in [4.69, 9.17) is 32.7 Å². The predicted octanol–water partition coefficient (Wildman–Crippen LogP) is 5.58. The SMILES string of the molecule is CCCCOc1ccc(C(=O)N=c2sc3cc(Cl)cc(Cl)c3n2CCOC)cc1. The average Bonchev–Trinajstić information content (AvgIpc) is 3.04. The molecule has 0 saturated carbocycles.